The van der Waals surface area contributed by atoms with Gasteiger partial charge < -0.3 is 0 Å². The van der Waals surface area contributed by atoms with E-state index >= 15 is 4.39 Å². The maximum Gasteiger partial charge on any atom is 0.152 e. The molecule has 0 aliphatic rings. The first kappa shape index (κ1) is 24.5. The van der Waals surface area contributed by atoms with Gasteiger partial charge in [-0.15, -0.1) is 0 Å². The molecule has 4 aromatic rings. The van der Waals surface area contributed by atoms with Crippen LogP contribution < -0.4 is 5.30 Å². The zero-order chi connectivity index (χ0) is 24.6. The lowest BCUT2D eigenvalue weighted by Gasteiger charge is -2.24. The van der Waals surface area contributed by atoms with Crippen molar-refractivity contribution in [3.05, 3.63) is 76.8 Å². The van der Waals surface area contributed by atoms with Gasteiger partial charge in [-0.2, -0.15) is 0 Å². The van der Waals surface area contributed by atoms with Gasteiger partial charge in [0.25, 0.3) is 0 Å². The third-order valence-corrected chi connectivity index (χ3v) is 7.75. The van der Waals surface area contributed by atoms with Crippen molar-refractivity contribution in [2.24, 2.45) is 0 Å². The van der Waals surface area contributed by atoms with E-state index < -0.39 is 0 Å². The summed E-state index contributed by atoms with van der Waals surface area (Å²) in [5, 5.41) is 1.48. The Morgan fingerprint density at radius 3 is 2.53 bits per heavy atom. The molecule has 34 heavy (non-hydrogen) atoms. The molecule has 0 saturated heterocycles. The highest BCUT2D eigenvalue weighted by Crippen LogP contribution is 2.36. The Kier molecular flexibility index (Phi) is 7.18. The summed E-state index contributed by atoms with van der Waals surface area (Å²) >= 11 is 6.65. The van der Waals surface area contributed by atoms with Crippen LogP contribution in [0.5, 0.6) is 0 Å². The number of aromatic nitrogens is 2. The zero-order valence-electron chi connectivity index (χ0n) is 20.0. The lowest BCUT2D eigenvalue weighted by Crippen LogP contribution is -2.23. The predicted molar refractivity (Wildman–Crippen MR) is 142 cm³/mol. The second-order valence-corrected chi connectivity index (χ2v) is 11.5. The Hall–Kier alpha value is -2.59. The summed E-state index contributed by atoms with van der Waals surface area (Å²) in [4.78, 5) is 19.0. The third kappa shape index (κ3) is 4.40. The second kappa shape index (κ2) is 9.95. The molecule has 0 amide bonds. The largest absolute Gasteiger partial charge is 0.300 e. The number of para-hydroxylation sites is 1. The summed E-state index contributed by atoms with van der Waals surface area (Å²) in [6.45, 7) is 6.32. The molecule has 0 bridgehead atoms. The lowest BCUT2D eigenvalue weighted by atomic mass is 10.0. The van der Waals surface area contributed by atoms with Crippen LogP contribution in [0.4, 0.5) is 4.39 Å². The summed E-state index contributed by atoms with van der Waals surface area (Å²) in [6, 6.07) is 16.5. The van der Waals surface area contributed by atoms with E-state index in [0.29, 0.717) is 21.8 Å². The van der Waals surface area contributed by atoms with Crippen molar-refractivity contribution >= 4 is 42.1 Å². The molecule has 0 fully saturated rings. The quantitative estimate of drug-likeness (QED) is 0.212. The standard InChI is InChI=1S/C27H28ClFN3OP/c1-6-24(31(2)3)27-30-23-13-10-17(20-12-11-19(34(4)5)15-22(20)29)14-25(23)32(27)26-18(16-33)8-7-9-21(26)28/h7-16,24H,6H2,1-5H3. The van der Waals surface area contributed by atoms with E-state index in [1.54, 1.807) is 24.3 Å². The highest BCUT2D eigenvalue weighted by Gasteiger charge is 2.25. The molecule has 4 nitrogen and oxygen atoms in total. The topological polar surface area (TPSA) is 38.1 Å². The number of carbonyl (C=O) groups excluding carboxylic acids is 1. The van der Waals surface area contributed by atoms with E-state index in [2.05, 4.69) is 25.2 Å². The molecule has 0 aliphatic carbocycles. The monoisotopic (exact) mass is 495 g/mol. The van der Waals surface area contributed by atoms with E-state index in [9.17, 15) is 4.79 Å². The predicted octanol–water partition coefficient (Wildman–Crippen LogP) is 6.68. The molecule has 3 aromatic carbocycles. The number of nitrogens with zero attached hydrogens (tertiary/aromatic N) is 3. The number of carbonyl (C=O) groups is 1. The van der Waals surface area contributed by atoms with Crippen molar-refractivity contribution in [2.45, 2.75) is 19.4 Å². The minimum atomic E-state index is -0.385. The van der Waals surface area contributed by atoms with Gasteiger partial charge in [-0.05, 0) is 75.0 Å². The Morgan fingerprint density at radius 1 is 1.15 bits per heavy atom. The summed E-state index contributed by atoms with van der Waals surface area (Å²) < 4.78 is 17.1. The minimum Gasteiger partial charge on any atom is -0.300 e. The number of hydrogen-bond acceptors (Lipinski definition) is 3. The second-order valence-electron chi connectivity index (χ2n) is 8.75. The number of rotatable bonds is 7. The first-order valence-electron chi connectivity index (χ1n) is 11.2. The third-order valence-electron chi connectivity index (χ3n) is 6.14. The van der Waals surface area contributed by atoms with Gasteiger partial charge in [0.2, 0.25) is 0 Å². The van der Waals surface area contributed by atoms with Crippen molar-refractivity contribution < 1.29 is 9.18 Å². The number of benzene rings is 3. The van der Waals surface area contributed by atoms with Crippen LogP contribution in [-0.4, -0.2) is 48.2 Å². The molecule has 4 rings (SSSR count). The Labute approximate surface area is 206 Å². The maximum absolute atomic E-state index is 15.1. The van der Waals surface area contributed by atoms with Crippen LogP contribution in [0.1, 0.15) is 35.6 Å². The van der Waals surface area contributed by atoms with Gasteiger partial charge in [0.05, 0.1) is 27.8 Å². The van der Waals surface area contributed by atoms with Crippen LogP contribution in [0, 0.1) is 5.82 Å². The molecule has 0 radical (unpaired) electrons. The van der Waals surface area contributed by atoms with Gasteiger partial charge in [-0.25, -0.2) is 9.37 Å². The van der Waals surface area contributed by atoms with E-state index in [-0.39, 0.29) is 19.8 Å². The first-order valence-corrected chi connectivity index (χ1v) is 13.8. The van der Waals surface area contributed by atoms with E-state index in [1.807, 2.05) is 49.0 Å². The van der Waals surface area contributed by atoms with Gasteiger partial charge in [0.15, 0.2) is 6.29 Å². The summed E-state index contributed by atoms with van der Waals surface area (Å²) in [6.07, 6.45) is 1.63. The van der Waals surface area contributed by atoms with E-state index in [0.717, 1.165) is 40.4 Å². The lowest BCUT2D eigenvalue weighted by molar-refractivity contribution is 0.112. The number of halogens is 2. The van der Waals surface area contributed by atoms with Gasteiger partial charge >= 0.3 is 0 Å². The fraction of sp³-hybridized carbons (Fsp3) is 0.259. The average Bonchev–Trinajstić information content (AvgIpc) is 3.16. The molecule has 1 aromatic heterocycles. The molecule has 7 heteroatoms. The fourth-order valence-electron chi connectivity index (χ4n) is 4.38. The molecular formula is C27H28ClFN3OP. The van der Waals surface area contributed by atoms with Crippen molar-refractivity contribution in [2.75, 3.05) is 27.4 Å². The molecule has 0 spiro atoms. The highest BCUT2D eigenvalue weighted by molar-refractivity contribution is 7.64. The van der Waals surface area contributed by atoms with Crippen molar-refractivity contribution in [1.82, 2.24) is 14.5 Å². The maximum atomic E-state index is 15.1. The molecule has 1 heterocycles. The fourth-order valence-corrected chi connectivity index (χ4v) is 5.39. The van der Waals surface area contributed by atoms with Crippen LogP contribution in [0.25, 0.3) is 27.8 Å². The summed E-state index contributed by atoms with van der Waals surface area (Å²) in [5.41, 5.74) is 3.89. The van der Waals surface area contributed by atoms with E-state index in [4.69, 9.17) is 16.6 Å². The molecular weight excluding hydrogens is 468 g/mol. The molecule has 1 atom stereocenters. The Bertz CT molecular complexity index is 1370. The number of hydrogen-bond donors (Lipinski definition) is 0. The van der Waals surface area contributed by atoms with Gasteiger partial charge in [-0.3, -0.25) is 14.3 Å². The minimum absolute atomic E-state index is 0.00370. The van der Waals surface area contributed by atoms with Gasteiger partial charge in [0.1, 0.15) is 11.6 Å². The van der Waals surface area contributed by atoms with Crippen molar-refractivity contribution in [1.29, 1.82) is 0 Å². The summed E-state index contributed by atoms with van der Waals surface area (Å²) in [5.74, 6) is 0.541. The normalized spacial score (nSPS) is 12.6. The smallest absolute Gasteiger partial charge is 0.152 e. The van der Waals surface area contributed by atoms with Crippen LogP contribution in [0.2, 0.25) is 5.02 Å². The van der Waals surface area contributed by atoms with Crippen molar-refractivity contribution in [3.63, 3.8) is 0 Å². The molecule has 176 valence electrons. The van der Waals surface area contributed by atoms with Gasteiger partial charge in [-0.1, -0.05) is 50.7 Å². The highest BCUT2D eigenvalue weighted by atomic mass is 35.5. The SMILES string of the molecule is CCC(c1nc2ccc(-c3ccc(P(C)C)cc3F)cc2n1-c1c(Cl)cccc1C=O)N(C)C. The summed E-state index contributed by atoms with van der Waals surface area (Å²) in [7, 11) is 3.62. The molecule has 0 N–H and O–H groups in total. The van der Waals surface area contributed by atoms with Crippen LogP contribution >= 0.6 is 19.5 Å². The van der Waals surface area contributed by atoms with Crippen LogP contribution in [-0.2, 0) is 0 Å². The Balaban J connectivity index is 2.03. The zero-order valence-corrected chi connectivity index (χ0v) is 21.7. The van der Waals surface area contributed by atoms with Gasteiger partial charge in [0, 0.05) is 11.1 Å². The Morgan fingerprint density at radius 2 is 1.91 bits per heavy atom. The number of fused-ring (bicyclic) bond motifs is 1. The number of aldehydes is 1. The average molecular weight is 496 g/mol. The van der Waals surface area contributed by atoms with Crippen LogP contribution in [0.3, 0.4) is 0 Å². The first-order chi connectivity index (χ1) is 16.3. The molecule has 0 aliphatic heterocycles. The van der Waals surface area contributed by atoms with Crippen molar-refractivity contribution in [3.8, 4) is 16.8 Å². The number of imidazole rings is 1. The van der Waals surface area contributed by atoms with Crippen LogP contribution in [0.15, 0.2) is 54.6 Å². The molecule has 0 saturated carbocycles. The molecule has 1 unspecified atom stereocenters. The van der Waals surface area contributed by atoms with E-state index in [1.165, 1.54) is 0 Å².